The summed E-state index contributed by atoms with van der Waals surface area (Å²) in [4.78, 5) is 28.2. The van der Waals surface area contributed by atoms with Crippen molar-refractivity contribution < 1.29 is 14.7 Å². The number of hydrogen-bond donors (Lipinski definition) is 2. The second kappa shape index (κ2) is 5.60. The Morgan fingerprint density at radius 3 is 2.62 bits per heavy atom. The van der Waals surface area contributed by atoms with Crippen LogP contribution >= 0.6 is 0 Å². The summed E-state index contributed by atoms with van der Waals surface area (Å²) in [5.41, 5.74) is 3.55. The average molecular weight is 288 g/mol. The summed E-state index contributed by atoms with van der Waals surface area (Å²) >= 11 is 0. The third-order valence-corrected chi connectivity index (χ3v) is 3.89. The van der Waals surface area contributed by atoms with Crippen molar-refractivity contribution in [2.24, 2.45) is 5.92 Å². The highest BCUT2D eigenvalue weighted by atomic mass is 16.4. The third-order valence-electron chi connectivity index (χ3n) is 3.89. The fraction of sp³-hybridized carbons (Fsp3) is 0.375. The van der Waals surface area contributed by atoms with E-state index in [0.717, 1.165) is 22.2 Å². The molecule has 0 radical (unpaired) electrons. The molecular formula is C16H20N2O3. The smallest absolute Gasteiger partial charge is 0.308 e. The molecule has 1 unspecified atom stereocenters. The molecule has 0 spiro atoms. The zero-order valence-corrected chi connectivity index (χ0v) is 12.7. The molecule has 2 rings (SSSR count). The lowest BCUT2D eigenvalue weighted by Gasteiger charge is -2.19. The lowest BCUT2D eigenvalue weighted by molar-refractivity contribution is -0.141. The molecule has 1 aromatic heterocycles. The van der Waals surface area contributed by atoms with Gasteiger partial charge >= 0.3 is 5.97 Å². The quantitative estimate of drug-likeness (QED) is 0.908. The molecule has 5 nitrogen and oxygen atoms in total. The maximum Gasteiger partial charge on any atom is 0.308 e. The van der Waals surface area contributed by atoms with Gasteiger partial charge in [-0.15, -0.1) is 0 Å². The number of fused-ring (bicyclic) bond motifs is 1. The molecule has 0 saturated carbocycles. The van der Waals surface area contributed by atoms with Gasteiger partial charge in [0, 0.05) is 24.7 Å². The van der Waals surface area contributed by atoms with Crippen molar-refractivity contribution >= 4 is 22.8 Å². The van der Waals surface area contributed by atoms with E-state index in [4.69, 9.17) is 5.11 Å². The van der Waals surface area contributed by atoms with E-state index < -0.39 is 11.9 Å². The largest absolute Gasteiger partial charge is 0.481 e. The summed E-state index contributed by atoms with van der Waals surface area (Å²) in [6.45, 7) is 5.76. The zero-order valence-electron chi connectivity index (χ0n) is 12.7. The predicted octanol–water partition coefficient (Wildman–Crippen LogP) is 2.58. The number of aromatic amines is 1. The predicted molar refractivity (Wildman–Crippen MR) is 81.5 cm³/mol. The molecule has 21 heavy (non-hydrogen) atoms. The lowest BCUT2D eigenvalue weighted by Crippen LogP contribution is -2.33. The van der Waals surface area contributed by atoms with E-state index in [1.807, 2.05) is 26.0 Å². The van der Waals surface area contributed by atoms with Crippen molar-refractivity contribution in [1.29, 1.82) is 0 Å². The highest BCUT2D eigenvalue weighted by molar-refractivity contribution is 6.06. The van der Waals surface area contributed by atoms with Crippen molar-refractivity contribution in [3.63, 3.8) is 0 Å². The minimum atomic E-state index is -0.903. The van der Waals surface area contributed by atoms with Gasteiger partial charge in [0.25, 0.3) is 5.91 Å². The molecule has 1 heterocycles. The summed E-state index contributed by atoms with van der Waals surface area (Å²) < 4.78 is 0. The molecule has 5 heteroatoms. The molecule has 1 atom stereocenters. The Bertz CT molecular complexity index is 703. The lowest BCUT2D eigenvalue weighted by atomic mass is 10.1. The van der Waals surface area contributed by atoms with Gasteiger partial charge in [-0.05, 0) is 25.5 Å². The molecule has 0 aliphatic rings. The number of nitrogens with one attached hydrogen (secondary N) is 1. The molecule has 0 fully saturated rings. The number of aryl methyl sites for hydroxylation is 2. The number of carbonyl (C=O) groups excluding carboxylic acids is 1. The first-order valence-electron chi connectivity index (χ1n) is 6.89. The van der Waals surface area contributed by atoms with E-state index in [1.54, 1.807) is 20.0 Å². The number of H-pyrrole nitrogens is 1. The molecule has 0 aliphatic carbocycles. The maximum absolute atomic E-state index is 12.6. The van der Waals surface area contributed by atoms with Gasteiger partial charge in [-0.2, -0.15) is 0 Å². The second-order valence-corrected chi connectivity index (χ2v) is 5.53. The number of carboxylic acids is 1. The summed E-state index contributed by atoms with van der Waals surface area (Å²) in [7, 11) is 1.63. The molecule has 1 amide bonds. The second-order valence-electron chi connectivity index (χ2n) is 5.53. The summed E-state index contributed by atoms with van der Waals surface area (Å²) in [5.74, 6) is -1.67. The first-order chi connectivity index (χ1) is 9.82. The van der Waals surface area contributed by atoms with Crippen molar-refractivity contribution in [2.45, 2.75) is 20.8 Å². The number of hydrogen-bond acceptors (Lipinski definition) is 2. The van der Waals surface area contributed by atoms with Gasteiger partial charge in [0.05, 0.1) is 17.0 Å². The van der Waals surface area contributed by atoms with Crippen molar-refractivity contribution in [1.82, 2.24) is 9.88 Å². The van der Waals surface area contributed by atoms with Crippen molar-refractivity contribution in [2.75, 3.05) is 13.6 Å². The Labute approximate surface area is 123 Å². The highest BCUT2D eigenvalue weighted by Gasteiger charge is 2.21. The Kier molecular flexibility index (Phi) is 4.02. The normalized spacial score (nSPS) is 12.4. The number of aliphatic carboxylic acids is 1. The maximum atomic E-state index is 12.6. The molecule has 0 saturated heterocycles. The number of carboxylic acid groups (broad SMARTS) is 1. The van der Waals surface area contributed by atoms with E-state index in [-0.39, 0.29) is 12.5 Å². The molecule has 0 bridgehead atoms. The van der Waals surface area contributed by atoms with Crippen LogP contribution in [-0.4, -0.2) is 40.5 Å². The molecule has 1 aromatic carbocycles. The van der Waals surface area contributed by atoms with Crippen LogP contribution in [0.2, 0.25) is 0 Å². The minimum absolute atomic E-state index is 0.171. The van der Waals surface area contributed by atoms with Gasteiger partial charge in [-0.1, -0.05) is 19.1 Å². The zero-order chi connectivity index (χ0) is 15.7. The van der Waals surface area contributed by atoms with Crippen LogP contribution in [0.3, 0.4) is 0 Å². The third kappa shape index (κ3) is 2.77. The van der Waals surface area contributed by atoms with Gasteiger partial charge in [0.1, 0.15) is 0 Å². The SMILES string of the molecule is Cc1[nH]c2c(C(=O)N(C)CC(C)C(=O)O)cccc2c1C. The number of para-hydroxylation sites is 1. The first-order valence-corrected chi connectivity index (χ1v) is 6.89. The molecule has 2 aromatic rings. The van der Waals surface area contributed by atoms with Crippen molar-refractivity contribution in [3.05, 3.63) is 35.0 Å². The van der Waals surface area contributed by atoms with E-state index >= 15 is 0 Å². The van der Waals surface area contributed by atoms with Crippen LogP contribution in [-0.2, 0) is 4.79 Å². The summed E-state index contributed by atoms with van der Waals surface area (Å²) in [5, 5.41) is 9.98. The minimum Gasteiger partial charge on any atom is -0.481 e. The molecule has 2 N–H and O–H groups in total. The van der Waals surface area contributed by atoms with E-state index in [0.29, 0.717) is 5.56 Å². The van der Waals surface area contributed by atoms with Crippen LogP contribution in [0.1, 0.15) is 28.5 Å². The van der Waals surface area contributed by atoms with Crippen molar-refractivity contribution in [3.8, 4) is 0 Å². The van der Waals surface area contributed by atoms with Gasteiger partial charge in [0.15, 0.2) is 0 Å². The van der Waals surface area contributed by atoms with Crippen LogP contribution in [0.25, 0.3) is 10.9 Å². The summed E-state index contributed by atoms with van der Waals surface area (Å²) in [6, 6.07) is 5.59. The van der Waals surface area contributed by atoms with E-state index in [1.165, 1.54) is 4.90 Å². The van der Waals surface area contributed by atoms with Crippen LogP contribution in [0.4, 0.5) is 0 Å². The Hall–Kier alpha value is -2.30. The summed E-state index contributed by atoms with van der Waals surface area (Å²) in [6.07, 6.45) is 0. The molecule has 0 aliphatic heterocycles. The van der Waals surface area contributed by atoms with Crippen LogP contribution in [0.15, 0.2) is 18.2 Å². The van der Waals surface area contributed by atoms with E-state index in [9.17, 15) is 9.59 Å². The number of benzene rings is 1. The molecular weight excluding hydrogens is 268 g/mol. The Balaban J connectivity index is 2.35. The number of rotatable bonds is 4. The van der Waals surface area contributed by atoms with Crippen LogP contribution in [0, 0.1) is 19.8 Å². The van der Waals surface area contributed by atoms with E-state index in [2.05, 4.69) is 4.98 Å². The number of carbonyl (C=O) groups is 2. The highest BCUT2D eigenvalue weighted by Crippen LogP contribution is 2.25. The standard InChI is InChI=1S/C16H20N2O3/c1-9(16(20)21)8-18(4)15(19)13-7-5-6-12-10(2)11(3)17-14(12)13/h5-7,9,17H,8H2,1-4H3,(H,20,21). The number of amides is 1. The number of aromatic nitrogens is 1. The van der Waals surface area contributed by atoms with Gasteiger partial charge in [-0.25, -0.2) is 0 Å². The average Bonchev–Trinajstić information content (AvgIpc) is 2.73. The van der Waals surface area contributed by atoms with Gasteiger partial charge < -0.3 is 15.0 Å². The first kappa shape index (κ1) is 15.1. The van der Waals surface area contributed by atoms with Gasteiger partial charge in [-0.3, -0.25) is 9.59 Å². The monoisotopic (exact) mass is 288 g/mol. The molecule has 112 valence electrons. The van der Waals surface area contributed by atoms with Crippen LogP contribution in [0.5, 0.6) is 0 Å². The Morgan fingerprint density at radius 2 is 2.00 bits per heavy atom. The fourth-order valence-corrected chi connectivity index (χ4v) is 2.44. The topological polar surface area (TPSA) is 73.4 Å². The van der Waals surface area contributed by atoms with Gasteiger partial charge in [0.2, 0.25) is 0 Å². The fourth-order valence-electron chi connectivity index (χ4n) is 2.44. The Morgan fingerprint density at radius 1 is 1.33 bits per heavy atom. The number of nitrogens with zero attached hydrogens (tertiary/aromatic N) is 1. The van der Waals surface area contributed by atoms with Crippen LogP contribution < -0.4 is 0 Å².